The van der Waals surface area contributed by atoms with Crippen LogP contribution >= 0.6 is 11.6 Å². The summed E-state index contributed by atoms with van der Waals surface area (Å²) in [6.45, 7) is 1.93. The van der Waals surface area contributed by atoms with E-state index in [-0.39, 0.29) is 5.91 Å². The molecule has 0 spiro atoms. The lowest BCUT2D eigenvalue weighted by Crippen LogP contribution is -2.13. The first-order valence-electron chi connectivity index (χ1n) is 6.98. The van der Waals surface area contributed by atoms with Gasteiger partial charge < -0.3 is 15.8 Å². The van der Waals surface area contributed by atoms with Gasteiger partial charge in [0.1, 0.15) is 5.75 Å². The summed E-state index contributed by atoms with van der Waals surface area (Å²) >= 11 is 5.94. The van der Waals surface area contributed by atoms with Gasteiger partial charge in [-0.2, -0.15) is 0 Å². The van der Waals surface area contributed by atoms with Gasteiger partial charge in [0.25, 0.3) is 0 Å². The zero-order valence-electron chi connectivity index (χ0n) is 12.7. The van der Waals surface area contributed by atoms with Crippen LogP contribution in [0.3, 0.4) is 0 Å². The summed E-state index contributed by atoms with van der Waals surface area (Å²) in [4.78, 5) is 12.0. The molecule has 0 atom stereocenters. The summed E-state index contributed by atoms with van der Waals surface area (Å²) in [5.74, 6) is 0.586. The Hall–Kier alpha value is -2.20. The molecule has 0 aliphatic carbocycles. The second-order valence-electron chi connectivity index (χ2n) is 5.08. The van der Waals surface area contributed by atoms with Gasteiger partial charge in [0.15, 0.2) is 0 Å². The van der Waals surface area contributed by atoms with E-state index >= 15 is 0 Å². The highest BCUT2D eigenvalue weighted by molar-refractivity contribution is 6.31. The van der Waals surface area contributed by atoms with Crippen molar-refractivity contribution in [3.8, 4) is 5.75 Å². The number of carbonyl (C=O) groups excluding carboxylic acids is 1. The van der Waals surface area contributed by atoms with Crippen LogP contribution in [0.2, 0.25) is 5.02 Å². The third kappa shape index (κ3) is 4.15. The molecule has 0 heterocycles. The average Bonchev–Trinajstić information content (AvgIpc) is 2.49. The molecule has 0 bridgehead atoms. The van der Waals surface area contributed by atoms with Gasteiger partial charge in [-0.3, -0.25) is 4.79 Å². The van der Waals surface area contributed by atoms with Crippen LogP contribution in [0.15, 0.2) is 36.4 Å². The van der Waals surface area contributed by atoms with Gasteiger partial charge in [-0.25, -0.2) is 0 Å². The number of nitrogen functional groups attached to an aromatic ring is 1. The van der Waals surface area contributed by atoms with E-state index in [1.54, 1.807) is 19.2 Å². The number of amides is 1. The van der Waals surface area contributed by atoms with Crippen molar-refractivity contribution < 1.29 is 9.53 Å². The fourth-order valence-corrected chi connectivity index (χ4v) is 2.31. The number of carbonyl (C=O) groups is 1. The molecule has 2 aromatic carbocycles. The Morgan fingerprint density at radius 2 is 2.05 bits per heavy atom. The van der Waals surface area contributed by atoms with Crippen LogP contribution in [-0.4, -0.2) is 13.0 Å². The number of benzene rings is 2. The summed E-state index contributed by atoms with van der Waals surface area (Å²) in [5, 5.41) is 3.48. The molecule has 0 saturated heterocycles. The molecule has 0 aliphatic rings. The fraction of sp³-hybridized carbons (Fsp3) is 0.235. The van der Waals surface area contributed by atoms with Crippen molar-refractivity contribution >= 4 is 28.9 Å². The largest absolute Gasteiger partial charge is 0.495 e. The summed E-state index contributed by atoms with van der Waals surface area (Å²) in [6.07, 6.45) is 0.983. The Labute approximate surface area is 135 Å². The average molecular weight is 319 g/mol. The van der Waals surface area contributed by atoms with E-state index < -0.39 is 0 Å². The summed E-state index contributed by atoms with van der Waals surface area (Å²) in [7, 11) is 1.58. The monoisotopic (exact) mass is 318 g/mol. The molecule has 1 amide bonds. The van der Waals surface area contributed by atoms with Crippen LogP contribution in [-0.2, 0) is 11.2 Å². The fourth-order valence-electron chi connectivity index (χ4n) is 2.14. The zero-order valence-corrected chi connectivity index (χ0v) is 13.4. The molecule has 22 heavy (non-hydrogen) atoms. The predicted molar refractivity (Wildman–Crippen MR) is 90.5 cm³/mol. The Bertz CT molecular complexity index is 686. The SMILES string of the molecule is COc1ccc(CCC(=O)Nc2cc(Cl)ccc2C)cc1N. The van der Waals surface area contributed by atoms with Crippen LogP contribution in [0.25, 0.3) is 0 Å². The van der Waals surface area contributed by atoms with Gasteiger partial charge in [0.2, 0.25) is 5.91 Å². The van der Waals surface area contributed by atoms with Crippen LogP contribution < -0.4 is 15.8 Å². The Kier molecular flexibility index (Phi) is 5.28. The van der Waals surface area contributed by atoms with Gasteiger partial charge >= 0.3 is 0 Å². The highest BCUT2D eigenvalue weighted by Gasteiger charge is 2.07. The second-order valence-corrected chi connectivity index (χ2v) is 5.52. The highest BCUT2D eigenvalue weighted by atomic mass is 35.5. The smallest absolute Gasteiger partial charge is 0.224 e. The lowest BCUT2D eigenvalue weighted by Gasteiger charge is -2.10. The number of anilines is 2. The van der Waals surface area contributed by atoms with Crippen molar-refractivity contribution in [1.29, 1.82) is 0 Å². The number of nitrogens with one attached hydrogen (secondary N) is 1. The number of nitrogens with two attached hydrogens (primary N) is 1. The van der Waals surface area contributed by atoms with Crippen LogP contribution in [0.5, 0.6) is 5.75 Å². The topological polar surface area (TPSA) is 64.3 Å². The van der Waals surface area contributed by atoms with Crippen molar-refractivity contribution in [1.82, 2.24) is 0 Å². The summed E-state index contributed by atoms with van der Waals surface area (Å²) in [5.41, 5.74) is 9.15. The molecular formula is C17H19ClN2O2. The molecular weight excluding hydrogens is 300 g/mol. The van der Waals surface area contributed by atoms with E-state index in [4.69, 9.17) is 22.1 Å². The quantitative estimate of drug-likeness (QED) is 0.824. The number of methoxy groups -OCH3 is 1. The minimum Gasteiger partial charge on any atom is -0.495 e. The molecule has 0 saturated carbocycles. The first-order valence-corrected chi connectivity index (χ1v) is 7.36. The second kappa shape index (κ2) is 7.18. The minimum atomic E-state index is -0.0558. The first kappa shape index (κ1) is 16.2. The number of halogens is 1. The maximum atomic E-state index is 12.0. The van der Waals surface area contributed by atoms with Crippen molar-refractivity contribution in [2.75, 3.05) is 18.2 Å². The molecule has 116 valence electrons. The molecule has 0 radical (unpaired) electrons. The Balaban J connectivity index is 1.95. The molecule has 2 aromatic rings. The maximum absolute atomic E-state index is 12.0. The van der Waals surface area contributed by atoms with Crippen LogP contribution in [0, 0.1) is 6.92 Å². The number of rotatable bonds is 5. The van der Waals surface area contributed by atoms with Crippen molar-refractivity contribution in [2.24, 2.45) is 0 Å². The Morgan fingerprint density at radius 3 is 2.73 bits per heavy atom. The molecule has 0 unspecified atom stereocenters. The van der Waals surface area contributed by atoms with E-state index in [0.29, 0.717) is 29.3 Å². The van der Waals surface area contributed by atoms with Crippen molar-refractivity contribution in [3.63, 3.8) is 0 Å². The molecule has 4 nitrogen and oxygen atoms in total. The minimum absolute atomic E-state index is 0.0558. The third-order valence-corrected chi connectivity index (χ3v) is 3.64. The van der Waals surface area contributed by atoms with E-state index in [1.165, 1.54) is 0 Å². The van der Waals surface area contributed by atoms with Crippen molar-refractivity contribution in [2.45, 2.75) is 19.8 Å². The van der Waals surface area contributed by atoms with Gasteiger partial charge in [0, 0.05) is 17.1 Å². The lowest BCUT2D eigenvalue weighted by atomic mass is 10.1. The zero-order chi connectivity index (χ0) is 16.1. The lowest BCUT2D eigenvalue weighted by molar-refractivity contribution is -0.116. The predicted octanol–water partition coefficient (Wildman–Crippen LogP) is 3.81. The molecule has 2 rings (SSSR count). The first-order chi connectivity index (χ1) is 10.5. The van der Waals surface area contributed by atoms with Gasteiger partial charge in [-0.1, -0.05) is 23.7 Å². The van der Waals surface area contributed by atoms with Gasteiger partial charge in [-0.05, 0) is 48.7 Å². The highest BCUT2D eigenvalue weighted by Crippen LogP contribution is 2.23. The van der Waals surface area contributed by atoms with Gasteiger partial charge in [0.05, 0.1) is 12.8 Å². The van der Waals surface area contributed by atoms with E-state index in [9.17, 15) is 4.79 Å². The third-order valence-electron chi connectivity index (χ3n) is 3.41. The number of hydrogen-bond donors (Lipinski definition) is 2. The molecule has 0 fully saturated rings. The summed E-state index contributed by atoms with van der Waals surface area (Å²) in [6, 6.07) is 11.0. The normalized spacial score (nSPS) is 10.3. The van der Waals surface area contributed by atoms with E-state index in [0.717, 1.165) is 16.8 Å². The molecule has 0 aromatic heterocycles. The van der Waals surface area contributed by atoms with Crippen LogP contribution in [0.1, 0.15) is 17.5 Å². The van der Waals surface area contributed by atoms with Crippen molar-refractivity contribution in [3.05, 3.63) is 52.5 Å². The summed E-state index contributed by atoms with van der Waals surface area (Å²) < 4.78 is 5.11. The molecule has 5 heteroatoms. The van der Waals surface area contributed by atoms with Gasteiger partial charge in [-0.15, -0.1) is 0 Å². The number of aryl methyl sites for hydroxylation is 2. The standard InChI is InChI=1S/C17H19ClN2O2/c1-11-3-6-13(18)10-15(11)20-17(21)8-5-12-4-7-16(22-2)14(19)9-12/h3-4,6-7,9-10H,5,8,19H2,1-2H3,(H,20,21). The van der Waals surface area contributed by atoms with Crippen LogP contribution in [0.4, 0.5) is 11.4 Å². The number of hydrogen-bond acceptors (Lipinski definition) is 3. The molecule has 0 aliphatic heterocycles. The van der Waals surface area contributed by atoms with E-state index in [1.807, 2.05) is 31.2 Å². The number of ether oxygens (including phenoxy) is 1. The molecule has 3 N–H and O–H groups in total. The van der Waals surface area contributed by atoms with E-state index in [2.05, 4.69) is 5.32 Å². The maximum Gasteiger partial charge on any atom is 0.224 e. The Morgan fingerprint density at radius 1 is 1.27 bits per heavy atom.